The molecule has 7 N–H and O–H groups in total. The second-order valence-electron chi connectivity index (χ2n) is 6.37. The molecule has 1 aliphatic rings. The monoisotopic (exact) mass is 332 g/mol. The summed E-state index contributed by atoms with van der Waals surface area (Å²) in [5, 5.41) is 3.40. The van der Waals surface area contributed by atoms with Gasteiger partial charge < -0.3 is 27.3 Å². The first-order valence-corrected chi connectivity index (χ1v) is 8.32. The van der Waals surface area contributed by atoms with Gasteiger partial charge in [0.25, 0.3) is 0 Å². The van der Waals surface area contributed by atoms with Gasteiger partial charge in [0.15, 0.2) is 5.96 Å². The lowest BCUT2D eigenvalue weighted by molar-refractivity contribution is 0.243. The number of hydrogen-bond donors (Lipinski definition) is 4. The Labute approximate surface area is 143 Å². The molecule has 24 heavy (non-hydrogen) atoms. The van der Waals surface area contributed by atoms with Gasteiger partial charge in [-0.2, -0.15) is 4.99 Å². The van der Waals surface area contributed by atoms with Crippen LogP contribution < -0.4 is 27.3 Å². The van der Waals surface area contributed by atoms with Crippen LogP contribution in [-0.2, 0) is 0 Å². The van der Waals surface area contributed by atoms with Gasteiger partial charge in [0.2, 0.25) is 5.96 Å². The number of guanidine groups is 2. The predicted octanol–water partition coefficient (Wildman–Crippen LogP) is 1.47. The number of ether oxygens (including phenoxy) is 1. The van der Waals surface area contributed by atoms with Crippen LogP contribution in [0.1, 0.15) is 43.7 Å². The molecule has 0 aromatic heterocycles. The molecular formula is C17H28N6O. The molecule has 0 unspecified atom stereocenters. The minimum atomic E-state index is -0.120. The van der Waals surface area contributed by atoms with Crippen LogP contribution in [0, 0.1) is 6.92 Å². The van der Waals surface area contributed by atoms with Crippen molar-refractivity contribution in [3.8, 4) is 5.75 Å². The molecule has 0 saturated carbocycles. The summed E-state index contributed by atoms with van der Waals surface area (Å²) in [6, 6.07) is 4.08. The zero-order valence-electron chi connectivity index (χ0n) is 14.7. The van der Waals surface area contributed by atoms with E-state index in [4.69, 9.17) is 21.9 Å². The predicted molar refractivity (Wildman–Crippen MR) is 98.9 cm³/mol. The van der Waals surface area contributed by atoms with E-state index < -0.39 is 0 Å². The van der Waals surface area contributed by atoms with Crippen LogP contribution in [-0.4, -0.2) is 31.1 Å². The van der Waals surface area contributed by atoms with Gasteiger partial charge in [0.05, 0.1) is 6.10 Å². The van der Waals surface area contributed by atoms with Gasteiger partial charge in [-0.3, -0.25) is 0 Å². The number of piperidine rings is 1. The van der Waals surface area contributed by atoms with Gasteiger partial charge in [0.1, 0.15) is 11.4 Å². The Kier molecular flexibility index (Phi) is 6.03. The maximum absolute atomic E-state index is 5.95. The summed E-state index contributed by atoms with van der Waals surface area (Å²) in [6.45, 7) is 8.14. The SMILES string of the molecule is Cc1cc(N=C(N)N=C(N)N)c(OC(C)C)cc1C1CCNCC1. The fourth-order valence-corrected chi connectivity index (χ4v) is 2.98. The molecule has 1 aliphatic heterocycles. The van der Waals surface area contributed by atoms with Crippen LogP contribution in [0.2, 0.25) is 0 Å². The number of nitrogens with two attached hydrogens (primary N) is 3. The van der Waals surface area contributed by atoms with Crippen molar-refractivity contribution < 1.29 is 4.74 Å². The summed E-state index contributed by atoms with van der Waals surface area (Å²) in [6.07, 6.45) is 2.29. The molecule has 0 radical (unpaired) electrons. The summed E-state index contributed by atoms with van der Waals surface area (Å²) in [4.78, 5) is 8.08. The first-order chi connectivity index (χ1) is 11.4. The van der Waals surface area contributed by atoms with Crippen LogP contribution in [0.15, 0.2) is 22.1 Å². The number of nitrogens with one attached hydrogen (secondary N) is 1. The van der Waals surface area contributed by atoms with E-state index in [1.54, 1.807) is 0 Å². The molecule has 1 aromatic rings. The molecule has 0 spiro atoms. The third-order valence-corrected chi connectivity index (χ3v) is 3.97. The molecule has 1 heterocycles. The molecular weight excluding hydrogens is 304 g/mol. The molecule has 1 saturated heterocycles. The van der Waals surface area contributed by atoms with Crippen molar-refractivity contribution in [2.75, 3.05) is 13.1 Å². The van der Waals surface area contributed by atoms with Crippen molar-refractivity contribution in [2.24, 2.45) is 27.2 Å². The maximum atomic E-state index is 5.95. The molecule has 0 atom stereocenters. The van der Waals surface area contributed by atoms with Crippen LogP contribution in [0.3, 0.4) is 0 Å². The second kappa shape index (κ2) is 8.01. The summed E-state index contributed by atoms with van der Waals surface area (Å²) in [5.41, 5.74) is 19.6. The van der Waals surface area contributed by atoms with Crippen molar-refractivity contribution in [2.45, 2.75) is 45.6 Å². The van der Waals surface area contributed by atoms with Gasteiger partial charge >= 0.3 is 0 Å². The number of benzene rings is 1. The van der Waals surface area contributed by atoms with Crippen molar-refractivity contribution in [3.63, 3.8) is 0 Å². The minimum absolute atomic E-state index is 0.0117. The van der Waals surface area contributed by atoms with E-state index in [1.165, 1.54) is 11.1 Å². The molecule has 1 fully saturated rings. The van der Waals surface area contributed by atoms with E-state index in [0.717, 1.165) is 25.9 Å². The van der Waals surface area contributed by atoms with Gasteiger partial charge in [-0.15, -0.1) is 0 Å². The molecule has 7 heteroatoms. The van der Waals surface area contributed by atoms with Crippen molar-refractivity contribution in [3.05, 3.63) is 23.3 Å². The van der Waals surface area contributed by atoms with Gasteiger partial charge in [-0.1, -0.05) is 0 Å². The zero-order valence-corrected chi connectivity index (χ0v) is 14.7. The normalized spacial score (nSPS) is 16.2. The van der Waals surface area contributed by atoms with Crippen LogP contribution in [0.5, 0.6) is 5.75 Å². The Bertz CT molecular complexity index is 628. The second-order valence-corrected chi connectivity index (χ2v) is 6.37. The number of aryl methyl sites for hydroxylation is 1. The van der Waals surface area contributed by atoms with E-state index in [-0.39, 0.29) is 18.0 Å². The highest BCUT2D eigenvalue weighted by molar-refractivity contribution is 5.94. The molecule has 0 bridgehead atoms. The summed E-state index contributed by atoms with van der Waals surface area (Å²) < 4.78 is 5.95. The van der Waals surface area contributed by atoms with Crippen molar-refractivity contribution >= 4 is 17.6 Å². The minimum Gasteiger partial charge on any atom is -0.489 e. The highest BCUT2D eigenvalue weighted by Crippen LogP contribution is 2.37. The Morgan fingerprint density at radius 1 is 1.21 bits per heavy atom. The van der Waals surface area contributed by atoms with Crippen LogP contribution in [0.4, 0.5) is 5.69 Å². The number of hydrogen-bond acceptors (Lipinski definition) is 3. The molecule has 2 rings (SSSR count). The Morgan fingerprint density at radius 3 is 2.46 bits per heavy atom. The van der Waals surface area contributed by atoms with Gasteiger partial charge in [-0.25, -0.2) is 4.99 Å². The Morgan fingerprint density at radius 2 is 1.88 bits per heavy atom. The lowest BCUT2D eigenvalue weighted by atomic mass is 9.87. The smallest absolute Gasteiger partial charge is 0.223 e. The third kappa shape index (κ3) is 4.86. The topological polar surface area (TPSA) is 124 Å². The average Bonchev–Trinajstić information content (AvgIpc) is 2.49. The summed E-state index contributed by atoms with van der Waals surface area (Å²) >= 11 is 0. The number of rotatable bonds is 4. The largest absolute Gasteiger partial charge is 0.489 e. The van der Waals surface area contributed by atoms with Crippen LogP contribution in [0.25, 0.3) is 0 Å². The van der Waals surface area contributed by atoms with Gasteiger partial charge in [0, 0.05) is 0 Å². The average molecular weight is 332 g/mol. The van der Waals surface area contributed by atoms with E-state index >= 15 is 0 Å². The van der Waals surface area contributed by atoms with E-state index in [0.29, 0.717) is 17.4 Å². The third-order valence-electron chi connectivity index (χ3n) is 3.97. The molecule has 7 nitrogen and oxygen atoms in total. The van der Waals surface area contributed by atoms with E-state index in [9.17, 15) is 0 Å². The number of nitrogens with zero attached hydrogens (tertiary/aromatic N) is 2. The molecule has 0 aliphatic carbocycles. The Balaban J connectivity index is 2.42. The summed E-state index contributed by atoms with van der Waals surface area (Å²) in [5.74, 6) is 1.13. The molecule has 0 amide bonds. The first kappa shape index (κ1) is 18.1. The summed E-state index contributed by atoms with van der Waals surface area (Å²) in [7, 11) is 0. The highest BCUT2D eigenvalue weighted by atomic mass is 16.5. The lowest BCUT2D eigenvalue weighted by Gasteiger charge is -2.25. The standard InChI is InChI=1S/C17H28N6O/c1-10(2)24-15-9-13(12-4-6-21-7-5-12)11(3)8-14(15)22-17(20)23-16(18)19/h8-10,12,21H,4-7H2,1-3H3,(H6,18,19,20,22,23). The molecule has 1 aromatic carbocycles. The quantitative estimate of drug-likeness (QED) is 0.491. The van der Waals surface area contributed by atoms with Crippen molar-refractivity contribution in [1.29, 1.82) is 0 Å². The fourth-order valence-electron chi connectivity index (χ4n) is 2.98. The maximum Gasteiger partial charge on any atom is 0.223 e. The van der Waals surface area contributed by atoms with Crippen LogP contribution >= 0.6 is 0 Å². The fraction of sp³-hybridized carbons (Fsp3) is 0.529. The first-order valence-electron chi connectivity index (χ1n) is 8.32. The van der Waals surface area contributed by atoms with E-state index in [1.807, 2.05) is 19.9 Å². The zero-order chi connectivity index (χ0) is 17.7. The Hall–Kier alpha value is -2.28. The lowest BCUT2D eigenvalue weighted by Crippen LogP contribution is -2.27. The van der Waals surface area contributed by atoms with Crippen molar-refractivity contribution in [1.82, 2.24) is 5.32 Å². The molecule has 132 valence electrons. The number of aliphatic imine (C=N–C) groups is 2. The van der Waals surface area contributed by atoms with E-state index in [2.05, 4.69) is 28.3 Å². The van der Waals surface area contributed by atoms with Gasteiger partial charge in [-0.05, 0) is 75.9 Å². The highest BCUT2D eigenvalue weighted by Gasteiger charge is 2.20.